The van der Waals surface area contributed by atoms with E-state index in [9.17, 15) is 9.36 Å². The van der Waals surface area contributed by atoms with E-state index in [1.165, 1.54) is 6.92 Å². The van der Waals surface area contributed by atoms with Crippen LogP contribution in [0.15, 0.2) is 10.8 Å². The standard InChI is InChI=1S/C10H18ClO6P/c1-5-14-10(12)9(11)8(4)17-18(13,15-6-2)16-7-3/h5-7H2,1-4H3. The molecule has 0 fully saturated rings. The van der Waals surface area contributed by atoms with Crippen molar-refractivity contribution >= 4 is 25.4 Å². The minimum Gasteiger partial charge on any atom is -0.462 e. The van der Waals surface area contributed by atoms with Gasteiger partial charge >= 0.3 is 13.8 Å². The Morgan fingerprint density at radius 3 is 2.00 bits per heavy atom. The largest absolute Gasteiger partial charge is 0.529 e. The molecular weight excluding hydrogens is 283 g/mol. The zero-order valence-electron chi connectivity index (χ0n) is 10.9. The predicted molar refractivity (Wildman–Crippen MR) is 67.1 cm³/mol. The van der Waals surface area contributed by atoms with Crippen LogP contribution < -0.4 is 0 Å². The number of allylic oxidation sites excluding steroid dienone is 1. The van der Waals surface area contributed by atoms with Gasteiger partial charge in [-0.1, -0.05) is 11.6 Å². The molecule has 0 atom stereocenters. The van der Waals surface area contributed by atoms with Crippen LogP contribution in [0.3, 0.4) is 0 Å². The third kappa shape index (κ3) is 5.87. The van der Waals surface area contributed by atoms with E-state index < -0.39 is 13.8 Å². The van der Waals surface area contributed by atoms with Crippen molar-refractivity contribution in [1.82, 2.24) is 0 Å². The molecule has 18 heavy (non-hydrogen) atoms. The SMILES string of the molecule is CCOC(=O)C(Cl)=C(C)OP(=O)(OCC)OCC. The van der Waals surface area contributed by atoms with Crippen LogP contribution in [0.25, 0.3) is 0 Å². The summed E-state index contributed by atoms with van der Waals surface area (Å²) in [5.74, 6) is -0.823. The van der Waals surface area contributed by atoms with Crippen LogP contribution in [0.1, 0.15) is 27.7 Å². The number of hydrogen-bond donors (Lipinski definition) is 0. The fraction of sp³-hybridized carbons (Fsp3) is 0.700. The molecule has 0 heterocycles. The topological polar surface area (TPSA) is 71.1 Å². The quantitative estimate of drug-likeness (QED) is 0.297. The zero-order valence-corrected chi connectivity index (χ0v) is 12.5. The van der Waals surface area contributed by atoms with Gasteiger partial charge in [-0.25, -0.2) is 9.36 Å². The third-order valence-electron chi connectivity index (χ3n) is 1.59. The van der Waals surface area contributed by atoms with Crippen LogP contribution in [0.5, 0.6) is 0 Å². The van der Waals surface area contributed by atoms with E-state index in [2.05, 4.69) is 4.74 Å². The van der Waals surface area contributed by atoms with E-state index >= 15 is 0 Å². The lowest BCUT2D eigenvalue weighted by Gasteiger charge is -2.17. The molecule has 0 aliphatic carbocycles. The van der Waals surface area contributed by atoms with Crippen molar-refractivity contribution in [2.24, 2.45) is 0 Å². The molecule has 0 N–H and O–H groups in total. The lowest BCUT2D eigenvalue weighted by atomic mass is 10.5. The molecule has 106 valence electrons. The average Bonchev–Trinajstić information content (AvgIpc) is 2.28. The van der Waals surface area contributed by atoms with Crippen molar-refractivity contribution in [3.05, 3.63) is 10.8 Å². The van der Waals surface area contributed by atoms with Crippen molar-refractivity contribution in [3.8, 4) is 0 Å². The second kappa shape index (κ2) is 8.53. The van der Waals surface area contributed by atoms with Crippen molar-refractivity contribution in [3.63, 3.8) is 0 Å². The summed E-state index contributed by atoms with van der Waals surface area (Å²) in [4.78, 5) is 11.3. The maximum Gasteiger partial charge on any atom is 0.529 e. The van der Waals surface area contributed by atoms with Gasteiger partial charge in [0.25, 0.3) is 0 Å². The fourth-order valence-corrected chi connectivity index (χ4v) is 2.34. The van der Waals surface area contributed by atoms with Crippen LogP contribution in [0.2, 0.25) is 0 Å². The Morgan fingerprint density at radius 1 is 1.11 bits per heavy atom. The Balaban J connectivity index is 4.87. The van der Waals surface area contributed by atoms with Crippen LogP contribution in [-0.2, 0) is 27.7 Å². The molecule has 0 bridgehead atoms. The zero-order chi connectivity index (χ0) is 14.2. The van der Waals surface area contributed by atoms with Crippen LogP contribution in [0.4, 0.5) is 0 Å². The first-order valence-electron chi connectivity index (χ1n) is 5.52. The molecule has 0 amide bonds. The van der Waals surface area contributed by atoms with Gasteiger partial charge in [-0.2, -0.15) is 0 Å². The van der Waals surface area contributed by atoms with Crippen LogP contribution in [0, 0.1) is 0 Å². The lowest BCUT2D eigenvalue weighted by molar-refractivity contribution is -0.137. The molecule has 0 rings (SSSR count). The Hall–Kier alpha value is -0.550. The maximum absolute atomic E-state index is 12.0. The van der Waals surface area contributed by atoms with Gasteiger partial charge in [-0.05, 0) is 27.7 Å². The summed E-state index contributed by atoms with van der Waals surface area (Å²) in [6.45, 7) is 6.76. The van der Waals surface area contributed by atoms with Crippen LogP contribution in [-0.4, -0.2) is 25.8 Å². The molecule has 0 saturated carbocycles. The summed E-state index contributed by atoms with van der Waals surface area (Å²) >= 11 is 5.71. The highest BCUT2D eigenvalue weighted by Crippen LogP contribution is 2.51. The molecule has 0 aliphatic heterocycles. The Bertz CT molecular complexity index is 344. The number of carbonyl (C=O) groups excluding carboxylic acids is 1. The number of phosphoric ester groups is 1. The van der Waals surface area contributed by atoms with Gasteiger partial charge < -0.3 is 9.26 Å². The summed E-state index contributed by atoms with van der Waals surface area (Å²) in [5, 5.41) is -0.295. The number of phosphoric acid groups is 1. The van der Waals surface area contributed by atoms with E-state index in [0.717, 1.165) is 0 Å². The van der Waals surface area contributed by atoms with Crippen molar-refractivity contribution in [1.29, 1.82) is 0 Å². The Morgan fingerprint density at radius 2 is 1.61 bits per heavy atom. The van der Waals surface area contributed by atoms with Crippen molar-refractivity contribution < 1.29 is 27.7 Å². The number of esters is 1. The Kier molecular flexibility index (Phi) is 8.27. The first-order chi connectivity index (χ1) is 8.40. The monoisotopic (exact) mass is 300 g/mol. The van der Waals surface area contributed by atoms with Gasteiger partial charge in [0.15, 0.2) is 5.03 Å². The first kappa shape index (κ1) is 17.4. The van der Waals surface area contributed by atoms with E-state index in [1.807, 2.05) is 0 Å². The smallest absolute Gasteiger partial charge is 0.462 e. The van der Waals surface area contributed by atoms with Gasteiger partial charge in [-0.15, -0.1) is 0 Å². The molecule has 0 aromatic rings. The minimum absolute atomic E-state index is 0.0691. The molecule has 0 aromatic heterocycles. The molecule has 0 unspecified atom stereocenters. The molecule has 0 spiro atoms. The van der Waals surface area contributed by atoms with Gasteiger partial charge in [0, 0.05) is 0 Å². The highest BCUT2D eigenvalue weighted by molar-refractivity contribution is 7.48. The summed E-state index contributed by atoms with van der Waals surface area (Å²) in [6, 6.07) is 0. The number of hydrogen-bond acceptors (Lipinski definition) is 6. The number of carbonyl (C=O) groups is 1. The van der Waals surface area contributed by atoms with Gasteiger partial charge in [0.2, 0.25) is 0 Å². The molecule has 0 radical (unpaired) electrons. The molecular formula is C10H18ClO6P. The molecule has 0 aliphatic rings. The van der Waals surface area contributed by atoms with E-state index in [-0.39, 0.29) is 30.6 Å². The number of halogens is 1. The second-order valence-electron chi connectivity index (χ2n) is 2.96. The molecule has 0 saturated heterocycles. The van der Waals surface area contributed by atoms with E-state index in [4.69, 9.17) is 25.2 Å². The normalized spacial score (nSPS) is 12.9. The fourth-order valence-electron chi connectivity index (χ4n) is 0.952. The second-order valence-corrected chi connectivity index (χ2v) is 4.94. The number of ether oxygens (including phenoxy) is 1. The lowest BCUT2D eigenvalue weighted by Crippen LogP contribution is -2.07. The summed E-state index contributed by atoms with van der Waals surface area (Å²) in [5.41, 5.74) is 0. The van der Waals surface area contributed by atoms with E-state index in [0.29, 0.717) is 0 Å². The highest BCUT2D eigenvalue weighted by Gasteiger charge is 2.29. The van der Waals surface area contributed by atoms with Crippen molar-refractivity contribution in [2.45, 2.75) is 27.7 Å². The maximum atomic E-state index is 12.0. The average molecular weight is 301 g/mol. The Labute approximate surface area is 112 Å². The highest BCUT2D eigenvalue weighted by atomic mass is 35.5. The molecule has 0 aromatic carbocycles. The predicted octanol–water partition coefficient (Wildman–Crippen LogP) is 3.22. The summed E-state index contributed by atoms with van der Waals surface area (Å²) < 4.78 is 31.5. The third-order valence-corrected chi connectivity index (χ3v) is 3.65. The van der Waals surface area contributed by atoms with E-state index in [1.54, 1.807) is 20.8 Å². The minimum atomic E-state index is -3.74. The summed E-state index contributed by atoms with van der Waals surface area (Å²) in [6.07, 6.45) is 0. The van der Waals surface area contributed by atoms with Crippen molar-refractivity contribution in [2.75, 3.05) is 19.8 Å². The number of rotatable bonds is 8. The van der Waals surface area contributed by atoms with Gasteiger partial charge in [0.1, 0.15) is 5.76 Å². The first-order valence-corrected chi connectivity index (χ1v) is 7.36. The van der Waals surface area contributed by atoms with Gasteiger partial charge in [-0.3, -0.25) is 9.05 Å². The molecule has 6 nitrogen and oxygen atoms in total. The molecule has 8 heteroatoms. The van der Waals surface area contributed by atoms with Gasteiger partial charge in [0.05, 0.1) is 19.8 Å². The van der Waals surface area contributed by atoms with Crippen LogP contribution >= 0.6 is 19.4 Å². The summed E-state index contributed by atoms with van der Waals surface area (Å²) in [7, 11) is -3.74.